The highest BCUT2D eigenvalue weighted by molar-refractivity contribution is 6.09. The minimum atomic E-state index is -0.563. The number of hydrogen-bond acceptors (Lipinski definition) is 2. The Balaban J connectivity index is 1.15. The number of rotatable bonds is 8. The SMILES string of the molecule is [2H]c1c([2H])c([2H])c(-c2cccc(-c3c([2H])c([2H])c([2H])c([2H])c3[2H])c2-[n+]2[c-]n(-c3cccc(Oc4ccc5c6ccccc6n(-c6cc(CC(C)(C)C)ccn6)c5c4)c3)c3cccc(C)c32)c([2H])c1[2H]. The van der Waals surface area contributed by atoms with Crippen molar-refractivity contribution in [1.82, 2.24) is 14.1 Å². The van der Waals surface area contributed by atoms with E-state index in [-0.39, 0.29) is 33.4 Å². The smallest absolute Gasteiger partial charge is 0.269 e. The lowest BCUT2D eigenvalue weighted by molar-refractivity contribution is -0.571. The van der Waals surface area contributed by atoms with E-state index in [1.54, 1.807) is 22.8 Å². The molecule has 0 saturated heterocycles. The maximum atomic E-state index is 9.04. The first kappa shape index (κ1) is 26.6. The molecule has 0 amide bonds. The lowest BCUT2D eigenvalue weighted by atomic mass is 9.88. The fourth-order valence-electron chi connectivity index (χ4n) is 8.02. The van der Waals surface area contributed by atoms with E-state index in [9.17, 15) is 0 Å². The van der Waals surface area contributed by atoms with E-state index in [4.69, 9.17) is 23.4 Å². The lowest BCUT2D eigenvalue weighted by Gasteiger charge is -2.18. The Bertz CT molecular complexity index is 3610. The van der Waals surface area contributed by atoms with Gasteiger partial charge in [0.2, 0.25) is 0 Å². The molecular weight excluding hydrogens is 721 g/mol. The van der Waals surface area contributed by atoms with Gasteiger partial charge in [0, 0.05) is 23.0 Å². The number of ether oxygens (including phenoxy) is 1. The van der Waals surface area contributed by atoms with E-state index in [1.807, 2.05) is 84.4 Å². The summed E-state index contributed by atoms with van der Waals surface area (Å²) in [4.78, 5) is 4.84. The van der Waals surface area contributed by atoms with Crippen LogP contribution in [0.3, 0.4) is 0 Å². The Labute approximate surface area is 359 Å². The van der Waals surface area contributed by atoms with Gasteiger partial charge in [0.15, 0.2) is 0 Å². The molecule has 5 nitrogen and oxygen atoms in total. The number of pyridine rings is 1. The zero-order valence-corrected chi connectivity index (χ0v) is 33.0. The molecule has 0 fully saturated rings. The van der Waals surface area contributed by atoms with Crippen molar-refractivity contribution in [2.75, 3.05) is 0 Å². The van der Waals surface area contributed by atoms with Gasteiger partial charge in [-0.2, -0.15) is 0 Å². The van der Waals surface area contributed by atoms with Gasteiger partial charge in [-0.3, -0.25) is 13.7 Å². The molecule has 0 aliphatic heterocycles. The molecule has 0 aliphatic carbocycles. The van der Waals surface area contributed by atoms with E-state index in [0.29, 0.717) is 28.2 Å². The maximum Gasteiger partial charge on any atom is 0.269 e. The molecule has 5 heteroatoms. The van der Waals surface area contributed by atoms with Crippen LogP contribution in [0.15, 0.2) is 182 Å². The second-order valence-corrected chi connectivity index (χ2v) is 15.8. The molecule has 10 aromatic rings. The number of aromatic nitrogens is 4. The molecule has 0 saturated carbocycles. The molecule has 0 atom stereocenters. The Kier molecular flexibility index (Phi) is 6.59. The van der Waals surface area contributed by atoms with E-state index in [2.05, 4.69) is 62.0 Å². The fourth-order valence-corrected chi connectivity index (χ4v) is 8.02. The van der Waals surface area contributed by atoms with Crippen molar-refractivity contribution in [1.29, 1.82) is 0 Å². The van der Waals surface area contributed by atoms with Crippen molar-refractivity contribution < 1.29 is 23.0 Å². The molecule has 7 aromatic carbocycles. The summed E-state index contributed by atoms with van der Waals surface area (Å²) in [5, 5.41) is 2.14. The molecule has 286 valence electrons. The molecule has 0 radical (unpaired) electrons. The quantitative estimate of drug-likeness (QED) is 0.114. The minimum Gasteiger partial charge on any atom is -0.458 e. The van der Waals surface area contributed by atoms with Gasteiger partial charge < -0.3 is 4.74 Å². The van der Waals surface area contributed by atoms with E-state index in [0.717, 1.165) is 39.6 Å². The van der Waals surface area contributed by atoms with Gasteiger partial charge in [0.05, 0.1) is 47.1 Å². The molecule has 0 bridgehead atoms. The third kappa shape index (κ3) is 6.75. The van der Waals surface area contributed by atoms with Crippen molar-refractivity contribution in [3.63, 3.8) is 0 Å². The number of fused-ring (bicyclic) bond motifs is 4. The van der Waals surface area contributed by atoms with E-state index in [1.165, 1.54) is 5.56 Å². The molecule has 59 heavy (non-hydrogen) atoms. The van der Waals surface area contributed by atoms with Crippen LogP contribution in [0.25, 0.3) is 72.3 Å². The van der Waals surface area contributed by atoms with E-state index < -0.39 is 60.4 Å². The second kappa shape index (κ2) is 14.6. The van der Waals surface area contributed by atoms with Gasteiger partial charge in [-0.15, -0.1) is 0 Å². The van der Waals surface area contributed by atoms with Crippen LogP contribution in [0.4, 0.5) is 0 Å². The minimum absolute atomic E-state index is 0.0918. The summed E-state index contributed by atoms with van der Waals surface area (Å²) in [5.41, 5.74) is 6.21. The number of para-hydroxylation sites is 3. The third-order valence-electron chi connectivity index (χ3n) is 10.4. The highest BCUT2D eigenvalue weighted by Gasteiger charge is 2.21. The van der Waals surface area contributed by atoms with Gasteiger partial charge in [-0.25, -0.2) is 4.98 Å². The molecule has 3 aromatic heterocycles. The van der Waals surface area contributed by atoms with Crippen molar-refractivity contribution in [2.24, 2.45) is 5.41 Å². The average Bonchev–Trinajstić information content (AvgIpc) is 3.88. The van der Waals surface area contributed by atoms with Crippen molar-refractivity contribution in [2.45, 2.75) is 34.1 Å². The Morgan fingerprint density at radius 3 is 2.07 bits per heavy atom. The van der Waals surface area contributed by atoms with Crippen LogP contribution in [0.1, 0.15) is 45.6 Å². The summed E-state index contributed by atoms with van der Waals surface area (Å²) in [6, 6.07) is 31.3. The Morgan fingerprint density at radius 2 is 1.32 bits per heavy atom. The number of aryl methyl sites for hydroxylation is 1. The maximum absolute atomic E-state index is 9.04. The first-order chi connectivity index (χ1) is 32.9. The number of imidazole rings is 1. The van der Waals surface area contributed by atoms with Crippen LogP contribution in [0, 0.1) is 18.7 Å². The van der Waals surface area contributed by atoms with Crippen molar-refractivity contribution >= 4 is 32.8 Å². The topological polar surface area (TPSA) is 35.9 Å². The van der Waals surface area contributed by atoms with Crippen LogP contribution in [0.5, 0.6) is 11.5 Å². The van der Waals surface area contributed by atoms with Gasteiger partial charge in [-0.1, -0.05) is 142 Å². The molecule has 3 heterocycles. The number of nitrogens with zero attached hydrogens (tertiary/aromatic N) is 4. The standard InChI is InChI=1S/C54H44N4O/c1-37-16-13-27-49-52(37)57(53-44(39-17-7-5-8-18-39)24-15-25-45(53)40-19-9-6-10-20-40)36-56(49)41-21-14-22-42(33-41)59-43-28-29-47-46-23-11-12-26-48(46)58(50(47)34-43)51-32-38(30-31-55-51)35-54(2,3)4/h5-34H,35H2,1-4H3/i5D,6D,7D,8D,9D,10D,17D,18D,19D,20D. The number of benzene rings is 7. The number of hydrogen-bond donors (Lipinski definition) is 0. The van der Waals surface area contributed by atoms with Crippen LogP contribution in [0.2, 0.25) is 0 Å². The summed E-state index contributed by atoms with van der Waals surface area (Å²) < 4.78 is 99.5. The average molecular weight is 775 g/mol. The van der Waals surface area contributed by atoms with Crippen LogP contribution in [-0.4, -0.2) is 14.1 Å². The van der Waals surface area contributed by atoms with E-state index >= 15 is 0 Å². The molecule has 0 N–H and O–H groups in total. The lowest BCUT2D eigenvalue weighted by Crippen LogP contribution is -2.32. The van der Waals surface area contributed by atoms with Crippen molar-refractivity contribution in [3.05, 3.63) is 199 Å². The van der Waals surface area contributed by atoms with Crippen molar-refractivity contribution in [3.8, 4) is 50.9 Å². The Morgan fingerprint density at radius 1 is 0.661 bits per heavy atom. The first-order valence-electron chi connectivity index (χ1n) is 24.4. The Hall–Kier alpha value is -7.24. The third-order valence-corrected chi connectivity index (χ3v) is 10.4. The highest BCUT2D eigenvalue weighted by Crippen LogP contribution is 2.37. The zero-order valence-electron chi connectivity index (χ0n) is 43.0. The largest absolute Gasteiger partial charge is 0.458 e. The van der Waals surface area contributed by atoms with Crippen LogP contribution in [-0.2, 0) is 6.42 Å². The summed E-state index contributed by atoms with van der Waals surface area (Å²) in [6.45, 7) is 8.57. The summed E-state index contributed by atoms with van der Waals surface area (Å²) >= 11 is 0. The predicted octanol–water partition coefficient (Wildman–Crippen LogP) is 13.2. The van der Waals surface area contributed by atoms with Crippen LogP contribution >= 0.6 is 0 Å². The highest BCUT2D eigenvalue weighted by atomic mass is 16.5. The second-order valence-electron chi connectivity index (χ2n) is 15.8. The predicted molar refractivity (Wildman–Crippen MR) is 241 cm³/mol. The van der Waals surface area contributed by atoms with Gasteiger partial charge in [0.25, 0.3) is 6.33 Å². The molecule has 10 rings (SSSR count). The summed E-state index contributed by atoms with van der Waals surface area (Å²) in [6.07, 6.45) is 6.23. The normalized spacial score (nSPS) is 14.2. The molecule has 0 aliphatic rings. The molecule has 0 spiro atoms. The summed E-state index contributed by atoms with van der Waals surface area (Å²) in [7, 11) is 0. The zero-order chi connectivity index (χ0) is 48.8. The first-order valence-corrected chi connectivity index (χ1v) is 19.4. The molecule has 0 unspecified atom stereocenters. The van der Waals surface area contributed by atoms with Gasteiger partial charge in [-0.05, 0) is 101 Å². The van der Waals surface area contributed by atoms with Gasteiger partial charge >= 0.3 is 0 Å². The fraction of sp³-hybridized carbons (Fsp3) is 0.111. The molecular formula is C54H44N4O. The van der Waals surface area contributed by atoms with Gasteiger partial charge in [0.1, 0.15) is 17.3 Å². The summed E-state index contributed by atoms with van der Waals surface area (Å²) in [5.74, 6) is 1.93. The monoisotopic (exact) mass is 774 g/mol. The van der Waals surface area contributed by atoms with Crippen LogP contribution < -0.4 is 9.30 Å².